The molecule has 7 nitrogen and oxygen atoms in total. The minimum absolute atomic E-state index is 0.0122. The molecule has 1 saturated heterocycles. The number of carbonyl (C=O) groups excluding carboxylic acids is 1. The van der Waals surface area contributed by atoms with Crippen LogP contribution in [0.15, 0.2) is 27.8 Å². The average Bonchev–Trinajstić information content (AvgIpc) is 3.13. The number of nitrogens with one attached hydrogen (secondary N) is 2. The lowest BCUT2D eigenvalue weighted by atomic mass is 10.1. The summed E-state index contributed by atoms with van der Waals surface area (Å²) in [5.41, 5.74) is -0.503. The lowest BCUT2D eigenvalue weighted by Crippen LogP contribution is -2.44. The lowest BCUT2D eigenvalue weighted by Gasteiger charge is -2.33. The monoisotopic (exact) mass is 378 g/mol. The molecule has 27 heavy (non-hydrogen) atoms. The van der Waals surface area contributed by atoms with Gasteiger partial charge in [-0.25, -0.2) is 4.99 Å². The first kappa shape index (κ1) is 21.3. The van der Waals surface area contributed by atoms with Crippen molar-refractivity contribution in [3.05, 3.63) is 24.2 Å². The first-order valence-electron chi connectivity index (χ1n) is 9.90. The number of guanidine groups is 1. The molecule has 0 saturated carbocycles. The molecule has 1 unspecified atom stereocenters. The summed E-state index contributed by atoms with van der Waals surface area (Å²) in [6.07, 6.45) is 5.43. The molecule has 0 bridgehead atoms. The zero-order valence-electron chi connectivity index (χ0n) is 17.1. The first-order valence-corrected chi connectivity index (χ1v) is 9.90. The Bertz CT molecular complexity index is 587. The molecule has 2 rings (SSSR count). The van der Waals surface area contributed by atoms with Gasteiger partial charge in [0.2, 0.25) is 0 Å². The number of nitrogens with zero attached hydrogens (tertiary/aromatic N) is 2. The van der Waals surface area contributed by atoms with Crippen LogP contribution in [-0.4, -0.2) is 55.2 Å². The summed E-state index contributed by atoms with van der Waals surface area (Å²) in [6, 6.07) is 4.09. The third kappa shape index (κ3) is 7.62. The SMILES string of the molecule is CCNC(=NCC(=O)OC(C)(C)C)NCC(c1ccco1)N1CCCCC1. The topological polar surface area (TPSA) is 79.1 Å². The molecule has 1 aliphatic rings. The average molecular weight is 379 g/mol. The second-order valence-corrected chi connectivity index (χ2v) is 7.79. The van der Waals surface area contributed by atoms with Crippen LogP contribution in [0.5, 0.6) is 0 Å². The van der Waals surface area contributed by atoms with Crippen LogP contribution < -0.4 is 10.6 Å². The normalized spacial score (nSPS) is 17.4. The highest BCUT2D eigenvalue weighted by Crippen LogP contribution is 2.24. The number of hydrogen-bond donors (Lipinski definition) is 2. The predicted octanol–water partition coefficient (Wildman–Crippen LogP) is 2.70. The highest BCUT2D eigenvalue weighted by atomic mass is 16.6. The summed E-state index contributed by atoms with van der Waals surface area (Å²) in [5.74, 6) is 1.22. The molecular formula is C20H34N4O3. The summed E-state index contributed by atoms with van der Waals surface area (Å²) in [6.45, 7) is 11.1. The molecule has 1 aliphatic heterocycles. The molecule has 0 aromatic carbocycles. The molecule has 2 heterocycles. The number of likely N-dealkylation sites (tertiary alicyclic amines) is 1. The van der Waals surface area contributed by atoms with Crippen molar-refractivity contribution in [3.8, 4) is 0 Å². The van der Waals surface area contributed by atoms with Crippen LogP contribution in [-0.2, 0) is 9.53 Å². The van der Waals surface area contributed by atoms with Gasteiger partial charge in [0, 0.05) is 13.1 Å². The molecule has 0 radical (unpaired) electrons. The van der Waals surface area contributed by atoms with Gasteiger partial charge in [0.15, 0.2) is 5.96 Å². The van der Waals surface area contributed by atoms with E-state index in [1.54, 1.807) is 6.26 Å². The van der Waals surface area contributed by atoms with Gasteiger partial charge in [-0.1, -0.05) is 6.42 Å². The van der Waals surface area contributed by atoms with E-state index in [-0.39, 0.29) is 18.6 Å². The summed E-state index contributed by atoms with van der Waals surface area (Å²) in [5, 5.41) is 6.54. The van der Waals surface area contributed by atoms with Gasteiger partial charge in [0.05, 0.1) is 12.3 Å². The maximum absolute atomic E-state index is 11.9. The highest BCUT2D eigenvalue weighted by molar-refractivity contribution is 5.83. The van der Waals surface area contributed by atoms with E-state index in [0.717, 1.165) is 25.4 Å². The van der Waals surface area contributed by atoms with Gasteiger partial charge < -0.3 is 19.8 Å². The van der Waals surface area contributed by atoms with Gasteiger partial charge in [-0.15, -0.1) is 0 Å². The molecule has 1 fully saturated rings. The number of hydrogen-bond acceptors (Lipinski definition) is 5. The Hall–Kier alpha value is -2.02. The van der Waals surface area contributed by atoms with Crippen LogP contribution >= 0.6 is 0 Å². The quantitative estimate of drug-likeness (QED) is 0.431. The van der Waals surface area contributed by atoms with Gasteiger partial charge >= 0.3 is 5.97 Å². The molecule has 0 spiro atoms. The fraction of sp³-hybridized carbons (Fsp3) is 0.700. The molecule has 152 valence electrons. The number of ether oxygens (including phenoxy) is 1. The second kappa shape index (κ2) is 10.3. The van der Waals surface area contributed by atoms with Crippen LogP contribution in [0.1, 0.15) is 58.8 Å². The van der Waals surface area contributed by atoms with Gasteiger partial charge in [0.1, 0.15) is 17.9 Å². The van der Waals surface area contributed by atoms with Crippen molar-refractivity contribution < 1.29 is 13.9 Å². The molecule has 0 aliphatic carbocycles. The number of rotatable bonds is 7. The van der Waals surface area contributed by atoms with Gasteiger partial charge in [-0.2, -0.15) is 0 Å². The minimum Gasteiger partial charge on any atom is -0.468 e. The zero-order chi connectivity index (χ0) is 19.7. The molecule has 7 heteroatoms. The van der Waals surface area contributed by atoms with Crippen LogP contribution in [0.2, 0.25) is 0 Å². The number of aliphatic imine (C=N–C) groups is 1. The minimum atomic E-state index is -0.503. The van der Waals surface area contributed by atoms with Crippen molar-refractivity contribution in [2.24, 2.45) is 4.99 Å². The Morgan fingerprint density at radius 1 is 1.30 bits per heavy atom. The third-order valence-corrected chi connectivity index (χ3v) is 4.30. The van der Waals surface area contributed by atoms with Gasteiger partial charge in [0.25, 0.3) is 0 Å². The van der Waals surface area contributed by atoms with Crippen LogP contribution in [0.25, 0.3) is 0 Å². The molecule has 1 aromatic heterocycles. The summed E-state index contributed by atoms with van der Waals surface area (Å²) >= 11 is 0. The van der Waals surface area contributed by atoms with E-state index < -0.39 is 5.60 Å². The van der Waals surface area contributed by atoms with E-state index in [9.17, 15) is 4.79 Å². The van der Waals surface area contributed by atoms with Crippen LogP contribution in [0.3, 0.4) is 0 Å². The number of esters is 1. The van der Waals surface area contributed by atoms with Gasteiger partial charge in [-0.3, -0.25) is 9.69 Å². The predicted molar refractivity (Wildman–Crippen MR) is 107 cm³/mol. The first-order chi connectivity index (χ1) is 12.9. The summed E-state index contributed by atoms with van der Waals surface area (Å²) in [4.78, 5) is 18.7. The van der Waals surface area contributed by atoms with Crippen molar-refractivity contribution in [1.29, 1.82) is 0 Å². The maximum Gasteiger partial charge on any atom is 0.328 e. The smallest absolute Gasteiger partial charge is 0.328 e. The van der Waals surface area contributed by atoms with Crippen LogP contribution in [0, 0.1) is 0 Å². The van der Waals surface area contributed by atoms with Gasteiger partial charge in [-0.05, 0) is 65.8 Å². The van der Waals surface area contributed by atoms with E-state index in [1.165, 1.54) is 19.3 Å². The molecule has 1 aromatic rings. The Kier molecular flexibility index (Phi) is 8.16. The van der Waals surface area contributed by atoms with E-state index in [0.29, 0.717) is 12.5 Å². The Morgan fingerprint density at radius 2 is 2.04 bits per heavy atom. The standard InChI is InChI=1S/C20H34N4O3/c1-5-21-19(23-15-18(25)27-20(2,3)4)22-14-16(17-10-9-13-26-17)24-11-7-6-8-12-24/h9-10,13,16H,5-8,11-12,14-15H2,1-4H3,(H2,21,22,23). The second-order valence-electron chi connectivity index (χ2n) is 7.79. The van der Waals surface area contributed by atoms with E-state index in [4.69, 9.17) is 9.15 Å². The Morgan fingerprint density at radius 3 is 2.63 bits per heavy atom. The van der Waals surface area contributed by atoms with Crippen molar-refractivity contribution >= 4 is 11.9 Å². The fourth-order valence-electron chi connectivity index (χ4n) is 3.17. The summed E-state index contributed by atoms with van der Waals surface area (Å²) < 4.78 is 11.0. The Labute approximate surface area is 162 Å². The highest BCUT2D eigenvalue weighted by Gasteiger charge is 2.24. The molecular weight excluding hydrogens is 344 g/mol. The fourth-order valence-corrected chi connectivity index (χ4v) is 3.17. The largest absolute Gasteiger partial charge is 0.468 e. The Balaban J connectivity index is 1.98. The maximum atomic E-state index is 11.9. The molecule has 2 N–H and O–H groups in total. The van der Waals surface area contributed by atoms with Crippen molar-refractivity contribution in [1.82, 2.24) is 15.5 Å². The van der Waals surface area contributed by atoms with E-state index in [2.05, 4.69) is 20.5 Å². The summed E-state index contributed by atoms with van der Waals surface area (Å²) in [7, 11) is 0. The molecule has 1 atom stereocenters. The van der Waals surface area contributed by atoms with Crippen molar-refractivity contribution in [2.75, 3.05) is 32.7 Å². The zero-order valence-corrected chi connectivity index (χ0v) is 17.1. The number of carbonyl (C=O) groups is 1. The van der Waals surface area contributed by atoms with Crippen molar-refractivity contribution in [3.63, 3.8) is 0 Å². The van der Waals surface area contributed by atoms with Crippen LogP contribution in [0.4, 0.5) is 0 Å². The number of furan rings is 1. The van der Waals surface area contributed by atoms with Crippen molar-refractivity contribution in [2.45, 2.75) is 58.6 Å². The van der Waals surface area contributed by atoms with E-state index >= 15 is 0 Å². The number of piperidine rings is 1. The molecule has 0 amide bonds. The lowest BCUT2D eigenvalue weighted by molar-refractivity contribution is -0.152. The third-order valence-electron chi connectivity index (χ3n) is 4.30. The van der Waals surface area contributed by atoms with E-state index in [1.807, 2.05) is 39.8 Å².